The molecule has 5 nitrogen and oxygen atoms in total. The second-order valence-corrected chi connectivity index (χ2v) is 4.12. The van der Waals surface area contributed by atoms with Gasteiger partial charge in [-0.05, 0) is 18.4 Å². The van der Waals surface area contributed by atoms with Gasteiger partial charge in [0.2, 0.25) is 0 Å². The van der Waals surface area contributed by atoms with Crippen LogP contribution in [0.4, 0.5) is 5.69 Å². The summed E-state index contributed by atoms with van der Waals surface area (Å²) in [4.78, 5) is 4.28. The molecule has 84 valence electrons. The number of thioether (sulfide) groups is 1. The van der Waals surface area contributed by atoms with E-state index in [1.165, 1.54) is 0 Å². The second-order valence-electron chi connectivity index (χ2n) is 3.29. The van der Waals surface area contributed by atoms with Gasteiger partial charge in [-0.1, -0.05) is 5.21 Å². The number of pyridine rings is 1. The number of anilines is 1. The van der Waals surface area contributed by atoms with Crippen molar-refractivity contribution in [3.8, 4) is 0 Å². The van der Waals surface area contributed by atoms with Gasteiger partial charge in [-0.15, -0.1) is 16.9 Å². The molecule has 0 aliphatic heterocycles. The van der Waals surface area contributed by atoms with Crippen LogP contribution in [0.15, 0.2) is 29.6 Å². The topological polar surface area (TPSA) is 55.6 Å². The van der Waals surface area contributed by atoms with Gasteiger partial charge < -0.3 is 5.32 Å². The lowest BCUT2D eigenvalue weighted by atomic mass is 10.4. The lowest BCUT2D eigenvalue weighted by Gasteiger charge is -2.05. The molecule has 0 aliphatic rings. The molecule has 0 radical (unpaired) electrons. The van der Waals surface area contributed by atoms with Crippen LogP contribution >= 0.6 is 11.8 Å². The van der Waals surface area contributed by atoms with Crippen molar-refractivity contribution >= 4 is 17.4 Å². The Kier molecular flexibility index (Phi) is 3.40. The highest BCUT2D eigenvalue weighted by molar-refractivity contribution is 7.98. The molecular formula is C10H13N5S. The van der Waals surface area contributed by atoms with Gasteiger partial charge in [0.15, 0.2) is 0 Å². The van der Waals surface area contributed by atoms with Crippen molar-refractivity contribution in [3.63, 3.8) is 0 Å². The fraction of sp³-hybridized carbons (Fsp3) is 0.300. The molecule has 0 fully saturated rings. The first-order chi connectivity index (χ1) is 7.79. The highest BCUT2D eigenvalue weighted by Crippen LogP contribution is 2.14. The van der Waals surface area contributed by atoms with Crippen molar-refractivity contribution < 1.29 is 0 Å². The normalized spacial score (nSPS) is 10.4. The van der Waals surface area contributed by atoms with Gasteiger partial charge in [-0.3, -0.25) is 4.68 Å². The van der Waals surface area contributed by atoms with E-state index < -0.39 is 0 Å². The van der Waals surface area contributed by atoms with E-state index >= 15 is 0 Å². The SMILES string of the molecule is CSc1ccc(NCc2cnnn2C)cn1. The largest absolute Gasteiger partial charge is 0.378 e. The third-order valence-electron chi connectivity index (χ3n) is 2.23. The fourth-order valence-electron chi connectivity index (χ4n) is 1.27. The van der Waals surface area contributed by atoms with Crippen LogP contribution < -0.4 is 5.32 Å². The molecule has 0 aromatic carbocycles. The highest BCUT2D eigenvalue weighted by atomic mass is 32.2. The third kappa shape index (κ3) is 2.52. The van der Waals surface area contributed by atoms with Crippen LogP contribution in [-0.2, 0) is 13.6 Å². The molecule has 0 bridgehead atoms. The minimum absolute atomic E-state index is 0.698. The Labute approximate surface area is 98.3 Å². The van der Waals surface area contributed by atoms with Gasteiger partial charge in [0, 0.05) is 7.05 Å². The van der Waals surface area contributed by atoms with E-state index in [-0.39, 0.29) is 0 Å². The molecule has 2 heterocycles. The zero-order valence-corrected chi connectivity index (χ0v) is 10.0. The molecule has 2 rings (SSSR count). The second kappa shape index (κ2) is 4.98. The summed E-state index contributed by atoms with van der Waals surface area (Å²) in [6.45, 7) is 0.698. The summed E-state index contributed by atoms with van der Waals surface area (Å²) in [6, 6.07) is 4.01. The first-order valence-corrected chi connectivity index (χ1v) is 6.09. The number of nitrogens with zero attached hydrogens (tertiary/aromatic N) is 4. The number of aryl methyl sites for hydroxylation is 1. The van der Waals surface area contributed by atoms with Gasteiger partial charge >= 0.3 is 0 Å². The van der Waals surface area contributed by atoms with Crippen molar-refractivity contribution in [2.75, 3.05) is 11.6 Å². The van der Waals surface area contributed by atoms with Crippen molar-refractivity contribution in [2.24, 2.45) is 7.05 Å². The first kappa shape index (κ1) is 10.9. The first-order valence-electron chi connectivity index (χ1n) is 4.87. The maximum atomic E-state index is 4.28. The average Bonchev–Trinajstić information content (AvgIpc) is 2.73. The summed E-state index contributed by atoms with van der Waals surface area (Å²) in [5.74, 6) is 0. The van der Waals surface area contributed by atoms with E-state index in [4.69, 9.17) is 0 Å². The Morgan fingerprint density at radius 2 is 2.25 bits per heavy atom. The molecule has 16 heavy (non-hydrogen) atoms. The maximum absolute atomic E-state index is 4.28. The van der Waals surface area contributed by atoms with Crippen LogP contribution in [0.3, 0.4) is 0 Å². The summed E-state index contributed by atoms with van der Waals surface area (Å²) in [5, 5.41) is 12.0. The zero-order valence-electron chi connectivity index (χ0n) is 9.21. The highest BCUT2D eigenvalue weighted by Gasteiger charge is 1.99. The van der Waals surface area contributed by atoms with Gasteiger partial charge in [-0.2, -0.15) is 0 Å². The minimum atomic E-state index is 0.698. The number of aromatic nitrogens is 4. The van der Waals surface area contributed by atoms with E-state index in [1.54, 1.807) is 22.6 Å². The van der Waals surface area contributed by atoms with Crippen LogP contribution in [0.25, 0.3) is 0 Å². The van der Waals surface area contributed by atoms with E-state index in [1.807, 2.05) is 31.6 Å². The standard InChI is InChI=1S/C10H13N5S/c1-15-9(7-13-14-15)6-11-8-3-4-10(16-2)12-5-8/h3-5,7,11H,6H2,1-2H3. The molecule has 6 heteroatoms. The van der Waals surface area contributed by atoms with Crippen molar-refractivity contribution in [1.82, 2.24) is 20.0 Å². The molecule has 2 aromatic heterocycles. The van der Waals surface area contributed by atoms with Gasteiger partial charge in [-0.25, -0.2) is 4.98 Å². The van der Waals surface area contributed by atoms with E-state index in [2.05, 4.69) is 20.6 Å². The molecule has 0 aliphatic carbocycles. The van der Waals surface area contributed by atoms with Gasteiger partial charge in [0.25, 0.3) is 0 Å². The molecule has 0 atom stereocenters. The van der Waals surface area contributed by atoms with Crippen molar-refractivity contribution in [3.05, 3.63) is 30.2 Å². The monoisotopic (exact) mass is 235 g/mol. The van der Waals surface area contributed by atoms with Crippen LogP contribution in [0, 0.1) is 0 Å². The molecular weight excluding hydrogens is 222 g/mol. The number of rotatable bonds is 4. The van der Waals surface area contributed by atoms with Crippen LogP contribution in [0.1, 0.15) is 5.69 Å². The lowest BCUT2D eigenvalue weighted by molar-refractivity contribution is 0.683. The number of nitrogens with one attached hydrogen (secondary N) is 1. The Bertz CT molecular complexity index is 450. The Balaban J connectivity index is 1.97. The molecule has 0 unspecified atom stereocenters. The predicted octanol–water partition coefficient (Wildman–Crippen LogP) is 1.54. The van der Waals surface area contributed by atoms with E-state index in [9.17, 15) is 0 Å². The summed E-state index contributed by atoms with van der Waals surface area (Å²) < 4.78 is 1.75. The summed E-state index contributed by atoms with van der Waals surface area (Å²) in [7, 11) is 1.87. The van der Waals surface area contributed by atoms with Gasteiger partial charge in [0.05, 0.1) is 35.3 Å². The molecule has 0 saturated carbocycles. The third-order valence-corrected chi connectivity index (χ3v) is 2.89. The number of hydrogen-bond donors (Lipinski definition) is 1. The maximum Gasteiger partial charge on any atom is 0.0958 e. The van der Waals surface area contributed by atoms with Crippen LogP contribution in [0.2, 0.25) is 0 Å². The van der Waals surface area contributed by atoms with E-state index in [0.717, 1.165) is 16.4 Å². The van der Waals surface area contributed by atoms with Gasteiger partial charge in [0.1, 0.15) is 0 Å². The van der Waals surface area contributed by atoms with Crippen LogP contribution in [0.5, 0.6) is 0 Å². The average molecular weight is 235 g/mol. The smallest absolute Gasteiger partial charge is 0.0958 e. The van der Waals surface area contributed by atoms with Crippen LogP contribution in [-0.4, -0.2) is 26.2 Å². The Morgan fingerprint density at radius 1 is 1.38 bits per heavy atom. The molecule has 0 amide bonds. The molecule has 0 spiro atoms. The quantitative estimate of drug-likeness (QED) is 0.815. The summed E-state index contributed by atoms with van der Waals surface area (Å²) in [6.07, 6.45) is 5.59. The predicted molar refractivity (Wildman–Crippen MR) is 64.3 cm³/mol. The van der Waals surface area contributed by atoms with Crippen molar-refractivity contribution in [2.45, 2.75) is 11.6 Å². The molecule has 2 aromatic rings. The molecule has 1 N–H and O–H groups in total. The number of hydrogen-bond acceptors (Lipinski definition) is 5. The fourth-order valence-corrected chi connectivity index (χ4v) is 1.63. The van der Waals surface area contributed by atoms with Crippen molar-refractivity contribution in [1.29, 1.82) is 0 Å². The Hall–Kier alpha value is -1.56. The molecule has 0 saturated heterocycles. The lowest BCUT2D eigenvalue weighted by Crippen LogP contribution is -2.05. The zero-order chi connectivity index (χ0) is 11.4. The van der Waals surface area contributed by atoms with E-state index in [0.29, 0.717) is 6.54 Å². The Morgan fingerprint density at radius 3 is 2.81 bits per heavy atom. The summed E-state index contributed by atoms with van der Waals surface area (Å²) in [5.41, 5.74) is 2.04. The summed E-state index contributed by atoms with van der Waals surface area (Å²) >= 11 is 1.63. The minimum Gasteiger partial charge on any atom is -0.378 e.